The van der Waals surface area contributed by atoms with Crippen LogP contribution in [-0.4, -0.2) is 54.0 Å². The van der Waals surface area contributed by atoms with Crippen LogP contribution in [0.2, 0.25) is 0 Å². The SMILES string of the molecule is CN(C)[C@@H]1CN(C(=O)Cc2ccc(CO)cc2)C[C@H]1C1CC1. The molecule has 120 valence electrons. The number of benzene rings is 1. The molecular formula is C18H26N2O2. The van der Waals surface area contributed by atoms with Crippen LogP contribution >= 0.6 is 0 Å². The maximum absolute atomic E-state index is 12.6. The largest absolute Gasteiger partial charge is 0.392 e. The van der Waals surface area contributed by atoms with Crippen LogP contribution < -0.4 is 0 Å². The van der Waals surface area contributed by atoms with E-state index in [9.17, 15) is 4.79 Å². The predicted octanol–water partition coefficient (Wildman–Crippen LogP) is 1.52. The smallest absolute Gasteiger partial charge is 0.227 e. The molecule has 1 aromatic rings. The maximum atomic E-state index is 12.6. The molecule has 4 heteroatoms. The van der Waals surface area contributed by atoms with Gasteiger partial charge in [-0.2, -0.15) is 0 Å². The summed E-state index contributed by atoms with van der Waals surface area (Å²) in [6, 6.07) is 8.18. The Morgan fingerprint density at radius 2 is 1.82 bits per heavy atom. The Hall–Kier alpha value is -1.39. The topological polar surface area (TPSA) is 43.8 Å². The molecule has 0 unspecified atom stereocenters. The quantitative estimate of drug-likeness (QED) is 0.897. The van der Waals surface area contributed by atoms with Gasteiger partial charge in [-0.05, 0) is 49.9 Å². The van der Waals surface area contributed by atoms with E-state index in [1.54, 1.807) is 0 Å². The number of hydrogen-bond donors (Lipinski definition) is 1. The van der Waals surface area contributed by atoms with Gasteiger partial charge in [-0.15, -0.1) is 0 Å². The summed E-state index contributed by atoms with van der Waals surface area (Å²) in [7, 11) is 4.25. The number of aliphatic hydroxyl groups is 1. The minimum Gasteiger partial charge on any atom is -0.392 e. The third kappa shape index (κ3) is 3.33. The molecule has 1 N–H and O–H groups in total. The van der Waals surface area contributed by atoms with Crippen molar-refractivity contribution in [1.29, 1.82) is 0 Å². The molecule has 1 aliphatic heterocycles. The lowest BCUT2D eigenvalue weighted by atomic mass is 9.97. The summed E-state index contributed by atoms with van der Waals surface area (Å²) in [5, 5.41) is 9.07. The molecule has 2 fully saturated rings. The first-order chi connectivity index (χ1) is 10.6. The Balaban J connectivity index is 1.62. The zero-order chi connectivity index (χ0) is 15.7. The van der Waals surface area contributed by atoms with Gasteiger partial charge in [-0.3, -0.25) is 4.79 Å². The van der Waals surface area contributed by atoms with Crippen molar-refractivity contribution in [2.45, 2.75) is 31.9 Å². The fraction of sp³-hybridized carbons (Fsp3) is 0.611. The van der Waals surface area contributed by atoms with Crippen LogP contribution in [0.15, 0.2) is 24.3 Å². The Labute approximate surface area is 132 Å². The fourth-order valence-corrected chi connectivity index (χ4v) is 3.60. The second kappa shape index (κ2) is 6.39. The first-order valence-electron chi connectivity index (χ1n) is 8.21. The van der Waals surface area contributed by atoms with Crippen LogP contribution in [0.3, 0.4) is 0 Å². The minimum atomic E-state index is 0.0495. The normalized spacial score (nSPS) is 25.0. The Kier molecular flexibility index (Phi) is 4.50. The van der Waals surface area contributed by atoms with Gasteiger partial charge in [-0.1, -0.05) is 24.3 Å². The van der Waals surface area contributed by atoms with Gasteiger partial charge >= 0.3 is 0 Å². The summed E-state index contributed by atoms with van der Waals surface area (Å²) in [5.74, 6) is 1.71. The van der Waals surface area contributed by atoms with Gasteiger partial charge in [0, 0.05) is 19.1 Å². The van der Waals surface area contributed by atoms with Gasteiger partial charge < -0.3 is 14.9 Å². The van der Waals surface area contributed by atoms with Crippen LogP contribution in [0, 0.1) is 11.8 Å². The van der Waals surface area contributed by atoms with Crippen LogP contribution in [0.4, 0.5) is 0 Å². The molecule has 1 aliphatic carbocycles. The molecule has 4 nitrogen and oxygen atoms in total. The average Bonchev–Trinajstić information content (AvgIpc) is 3.26. The Morgan fingerprint density at radius 3 is 2.36 bits per heavy atom. The number of rotatable bonds is 5. The average molecular weight is 302 g/mol. The van der Waals surface area contributed by atoms with E-state index in [0.717, 1.165) is 30.1 Å². The van der Waals surface area contributed by atoms with Crippen molar-refractivity contribution in [3.63, 3.8) is 0 Å². The zero-order valence-corrected chi connectivity index (χ0v) is 13.5. The molecule has 0 bridgehead atoms. The molecular weight excluding hydrogens is 276 g/mol. The number of hydrogen-bond acceptors (Lipinski definition) is 3. The van der Waals surface area contributed by atoms with E-state index in [4.69, 9.17) is 5.11 Å². The molecule has 0 radical (unpaired) electrons. The molecule has 1 amide bonds. The summed E-state index contributed by atoms with van der Waals surface area (Å²) in [5.41, 5.74) is 1.91. The monoisotopic (exact) mass is 302 g/mol. The molecule has 1 saturated carbocycles. The lowest BCUT2D eigenvalue weighted by molar-refractivity contribution is -0.129. The standard InChI is InChI=1S/C18H26N2O2/c1-19(2)17-11-20(10-16(17)15-7-8-15)18(22)9-13-3-5-14(12-21)6-4-13/h3-6,15-17,21H,7-12H2,1-2H3/t16-,17+/m0/s1. The second-order valence-electron chi connectivity index (χ2n) is 6.98. The molecule has 0 aromatic heterocycles. The van der Waals surface area contributed by atoms with Crippen LogP contribution in [0.1, 0.15) is 24.0 Å². The summed E-state index contributed by atoms with van der Waals surface area (Å²) in [6.07, 6.45) is 3.13. The van der Waals surface area contributed by atoms with E-state index in [0.29, 0.717) is 18.4 Å². The first kappa shape index (κ1) is 15.5. The lowest BCUT2D eigenvalue weighted by Gasteiger charge is -2.24. The maximum Gasteiger partial charge on any atom is 0.227 e. The fourth-order valence-electron chi connectivity index (χ4n) is 3.60. The number of likely N-dealkylation sites (tertiary alicyclic amines) is 1. The summed E-state index contributed by atoms with van der Waals surface area (Å²) in [4.78, 5) is 16.9. The molecule has 2 aliphatic rings. The van der Waals surface area contributed by atoms with Crippen molar-refractivity contribution in [3.8, 4) is 0 Å². The van der Waals surface area contributed by atoms with Gasteiger partial charge in [0.15, 0.2) is 0 Å². The molecule has 1 heterocycles. The van der Waals surface area contributed by atoms with Crippen LogP contribution in [0.25, 0.3) is 0 Å². The number of amides is 1. The van der Waals surface area contributed by atoms with E-state index in [1.165, 1.54) is 12.8 Å². The summed E-state index contributed by atoms with van der Waals surface area (Å²) in [6.45, 7) is 1.83. The second-order valence-corrected chi connectivity index (χ2v) is 6.98. The van der Waals surface area contributed by atoms with E-state index in [2.05, 4.69) is 19.0 Å². The highest BCUT2D eigenvalue weighted by Crippen LogP contribution is 2.42. The van der Waals surface area contributed by atoms with Crippen molar-refractivity contribution in [2.24, 2.45) is 11.8 Å². The first-order valence-corrected chi connectivity index (χ1v) is 8.21. The van der Waals surface area contributed by atoms with Crippen molar-refractivity contribution >= 4 is 5.91 Å². The number of carbonyl (C=O) groups excluding carboxylic acids is 1. The highest BCUT2D eigenvalue weighted by molar-refractivity contribution is 5.79. The van der Waals surface area contributed by atoms with Crippen molar-refractivity contribution in [3.05, 3.63) is 35.4 Å². The third-order valence-corrected chi connectivity index (χ3v) is 5.14. The van der Waals surface area contributed by atoms with Gasteiger partial charge in [0.25, 0.3) is 0 Å². The molecule has 1 aromatic carbocycles. The molecule has 0 spiro atoms. The van der Waals surface area contributed by atoms with Gasteiger partial charge in [-0.25, -0.2) is 0 Å². The molecule has 1 saturated heterocycles. The number of nitrogens with zero attached hydrogens (tertiary/aromatic N) is 2. The van der Waals surface area contributed by atoms with Crippen molar-refractivity contribution < 1.29 is 9.90 Å². The van der Waals surface area contributed by atoms with Crippen molar-refractivity contribution in [1.82, 2.24) is 9.80 Å². The molecule has 22 heavy (non-hydrogen) atoms. The highest BCUT2D eigenvalue weighted by Gasteiger charge is 2.44. The molecule has 3 rings (SSSR count). The van der Waals surface area contributed by atoms with Gasteiger partial charge in [0.05, 0.1) is 13.0 Å². The number of aliphatic hydroxyl groups excluding tert-OH is 1. The highest BCUT2D eigenvalue weighted by atomic mass is 16.3. The minimum absolute atomic E-state index is 0.0495. The van der Waals surface area contributed by atoms with E-state index in [1.807, 2.05) is 29.2 Å². The predicted molar refractivity (Wildman–Crippen MR) is 86.3 cm³/mol. The van der Waals surface area contributed by atoms with E-state index >= 15 is 0 Å². The van der Waals surface area contributed by atoms with Gasteiger partial charge in [0.1, 0.15) is 0 Å². The number of likely N-dealkylation sites (N-methyl/N-ethyl adjacent to an activating group) is 1. The third-order valence-electron chi connectivity index (χ3n) is 5.14. The zero-order valence-electron chi connectivity index (χ0n) is 13.5. The van der Waals surface area contributed by atoms with E-state index in [-0.39, 0.29) is 12.5 Å². The van der Waals surface area contributed by atoms with Gasteiger partial charge in [0.2, 0.25) is 5.91 Å². The molecule has 2 atom stereocenters. The Morgan fingerprint density at radius 1 is 1.18 bits per heavy atom. The van der Waals surface area contributed by atoms with Crippen molar-refractivity contribution in [2.75, 3.05) is 27.2 Å². The van der Waals surface area contributed by atoms with E-state index < -0.39 is 0 Å². The number of carbonyl (C=O) groups is 1. The van der Waals surface area contributed by atoms with Crippen LogP contribution in [0.5, 0.6) is 0 Å². The van der Waals surface area contributed by atoms with Crippen LogP contribution in [-0.2, 0) is 17.8 Å². The summed E-state index contributed by atoms with van der Waals surface area (Å²) < 4.78 is 0. The summed E-state index contributed by atoms with van der Waals surface area (Å²) >= 11 is 0. The lowest BCUT2D eigenvalue weighted by Crippen LogP contribution is -2.37. The Bertz CT molecular complexity index is 512.